The number of carbonyl (C=O) groups excluding carboxylic acids is 3. The second-order valence-corrected chi connectivity index (χ2v) is 8.25. The number of benzene rings is 1. The Balaban J connectivity index is 1.47. The maximum absolute atomic E-state index is 12.7. The Morgan fingerprint density at radius 3 is 2.68 bits per heavy atom. The Labute approximate surface area is 215 Å². The van der Waals surface area contributed by atoms with E-state index in [-0.39, 0.29) is 35.6 Å². The first kappa shape index (κ1) is 20.4. The zero-order valence-electron chi connectivity index (χ0n) is 22.6. The van der Waals surface area contributed by atoms with Crippen molar-refractivity contribution < 1.29 is 28.0 Å². The van der Waals surface area contributed by atoms with Crippen LogP contribution in [0.5, 0.6) is 5.75 Å². The van der Waals surface area contributed by atoms with Gasteiger partial charge in [-0.1, -0.05) is 6.07 Å². The van der Waals surface area contributed by atoms with Crippen molar-refractivity contribution in [3.05, 3.63) is 42.4 Å². The number of methoxy groups -OCH3 is 1. The first-order valence-corrected chi connectivity index (χ1v) is 11.3. The molecule has 0 bridgehead atoms. The molecule has 3 heterocycles. The molecule has 2 aliphatic rings. The first-order valence-electron chi connectivity index (χ1n) is 12.8. The zero-order valence-corrected chi connectivity index (χ0v) is 19.6. The molecule has 2 aromatic heterocycles. The van der Waals surface area contributed by atoms with Gasteiger partial charge >= 0.3 is 6.09 Å². The maximum Gasteiger partial charge on any atom is 0.414 e. The molecule has 5 rings (SSSR count). The van der Waals surface area contributed by atoms with E-state index in [0.29, 0.717) is 35.1 Å². The summed E-state index contributed by atoms with van der Waals surface area (Å²) in [6.45, 7) is -2.09. The summed E-state index contributed by atoms with van der Waals surface area (Å²) in [6, 6.07) is 6.46. The highest BCUT2D eigenvalue weighted by Gasteiger charge is 2.30. The summed E-state index contributed by atoms with van der Waals surface area (Å²) in [7, 11) is 1.44. The second kappa shape index (κ2) is 10.0. The fraction of sp³-hybridized carbons (Fsp3) is 0.292. The van der Waals surface area contributed by atoms with E-state index in [2.05, 4.69) is 30.8 Å². The summed E-state index contributed by atoms with van der Waals surface area (Å²) >= 11 is 0. The van der Waals surface area contributed by atoms with E-state index in [1.807, 2.05) is 5.32 Å². The van der Waals surface area contributed by atoms with Gasteiger partial charge in [0.2, 0.25) is 5.91 Å². The normalized spacial score (nSPS) is 16.2. The summed E-state index contributed by atoms with van der Waals surface area (Å²) in [5, 5.41) is 15.4. The van der Waals surface area contributed by atoms with E-state index >= 15 is 0 Å². The van der Waals surface area contributed by atoms with Crippen LogP contribution in [0.3, 0.4) is 0 Å². The van der Waals surface area contributed by atoms with E-state index in [0.717, 1.165) is 12.8 Å². The summed E-state index contributed by atoms with van der Waals surface area (Å²) in [4.78, 5) is 47.0. The summed E-state index contributed by atoms with van der Waals surface area (Å²) < 4.78 is 32.7. The van der Waals surface area contributed by atoms with Crippen molar-refractivity contribution in [2.75, 3.05) is 42.8 Å². The van der Waals surface area contributed by atoms with Crippen molar-refractivity contribution in [2.45, 2.75) is 12.8 Å². The highest BCUT2D eigenvalue weighted by Crippen LogP contribution is 2.37. The number of para-hydroxylation sites is 1. The molecule has 0 radical (unpaired) electrons. The van der Waals surface area contributed by atoms with Gasteiger partial charge in [0, 0.05) is 23.1 Å². The van der Waals surface area contributed by atoms with Gasteiger partial charge in [-0.25, -0.2) is 14.8 Å². The number of carbonyl (C=O) groups is 3. The Morgan fingerprint density at radius 2 is 2.00 bits per heavy atom. The molecular weight excluding hydrogens is 480 g/mol. The molecule has 1 aromatic carbocycles. The number of rotatable bonds is 8. The van der Waals surface area contributed by atoms with Crippen molar-refractivity contribution in [1.29, 1.82) is 0 Å². The Hall–Kier alpha value is -4.81. The lowest BCUT2D eigenvalue weighted by atomic mass is 10.1. The van der Waals surface area contributed by atoms with E-state index in [1.54, 1.807) is 18.2 Å². The predicted molar refractivity (Wildman–Crippen MR) is 133 cm³/mol. The van der Waals surface area contributed by atoms with Crippen LogP contribution >= 0.6 is 0 Å². The highest BCUT2D eigenvalue weighted by molar-refractivity contribution is 6.00. The number of amides is 3. The van der Waals surface area contributed by atoms with Crippen molar-refractivity contribution in [3.63, 3.8) is 0 Å². The average molecular weight is 508 g/mol. The van der Waals surface area contributed by atoms with Crippen molar-refractivity contribution in [2.24, 2.45) is 5.92 Å². The van der Waals surface area contributed by atoms with Crippen molar-refractivity contribution in [3.8, 4) is 17.1 Å². The molecule has 190 valence electrons. The van der Waals surface area contributed by atoms with E-state index in [9.17, 15) is 14.4 Å². The third kappa shape index (κ3) is 4.96. The molecule has 3 N–H and O–H groups in total. The highest BCUT2D eigenvalue weighted by atomic mass is 16.6. The molecule has 1 aliphatic heterocycles. The van der Waals surface area contributed by atoms with Crippen LogP contribution in [-0.4, -0.2) is 65.3 Å². The molecule has 13 nitrogen and oxygen atoms in total. The van der Waals surface area contributed by atoms with Gasteiger partial charge in [-0.3, -0.25) is 14.5 Å². The van der Waals surface area contributed by atoms with Crippen LogP contribution in [0.1, 0.15) is 27.4 Å². The zero-order chi connectivity index (χ0) is 28.4. The molecule has 0 unspecified atom stereocenters. The van der Waals surface area contributed by atoms with Gasteiger partial charge < -0.3 is 25.4 Å². The minimum Gasteiger partial charge on any atom is -0.494 e. The van der Waals surface area contributed by atoms with Crippen LogP contribution in [0.15, 0.2) is 36.7 Å². The average Bonchev–Trinajstić information content (AvgIpc) is 3.68. The molecule has 1 aliphatic carbocycles. The minimum atomic E-state index is -2.76. The molecule has 13 heteroatoms. The standard InChI is InChI=1S/C24H24N8O5/c1-25-23(34)19-17(10-18(30-31-19)29-22(33)13-6-7-13)28-16-5-3-4-15(20(16)36-2)21-26-11-14(12-27-21)32-8-9-37-24(32)35/h3-5,10-13H,6-9H2,1-2H3,(H,25,34)(H2,28,29,30,33)/i1D3. The molecule has 2 fully saturated rings. The van der Waals surface area contributed by atoms with Crippen LogP contribution < -0.4 is 25.6 Å². The smallest absolute Gasteiger partial charge is 0.414 e. The summed E-state index contributed by atoms with van der Waals surface area (Å²) in [5.41, 5.74) is 1.09. The van der Waals surface area contributed by atoms with Gasteiger partial charge in [0.1, 0.15) is 6.61 Å². The van der Waals surface area contributed by atoms with Gasteiger partial charge in [0.25, 0.3) is 5.91 Å². The van der Waals surface area contributed by atoms with Gasteiger partial charge in [0.05, 0.1) is 48.7 Å². The fourth-order valence-electron chi connectivity index (χ4n) is 3.75. The minimum absolute atomic E-state index is 0.0714. The largest absolute Gasteiger partial charge is 0.494 e. The predicted octanol–water partition coefficient (Wildman–Crippen LogP) is 2.35. The van der Waals surface area contributed by atoms with E-state index in [1.165, 1.54) is 30.5 Å². The number of ether oxygens (including phenoxy) is 2. The monoisotopic (exact) mass is 507 g/mol. The number of hydrogen-bond acceptors (Lipinski definition) is 10. The number of nitrogens with zero attached hydrogens (tertiary/aromatic N) is 5. The van der Waals surface area contributed by atoms with Gasteiger partial charge in [-0.2, -0.15) is 0 Å². The Kier molecular flexibility index (Phi) is 5.54. The van der Waals surface area contributed by atoms with Crippen molar-refractivity contribution >= 4 is 40.8 Å². The molecular formula is C24H24N8O5. The molecule has 3 amide bonds. The van der Waals surface area contributed by atoms with Gasteiger partial charge in [-0.15, -0.1) is 10.2 Å². The molecule has 37 heavy (non-hydrogen) atoms. The second-order valence-electron chi connectivity index (χ2n) is 8.25. The molecule has 0 spiro atoms. The quantitative estimate of drug-likeness (QED) is 0.413. The van der Waals surface area contributed by atoms with Crippen LogP contribution in [0, 0.1) is 5.92 Å². The lowest BCUT2D eigenvalue weighted by Crippen LogP contribution is -2.23. The van der Waals surface area contributed by atoms with Gasteiger partial charge in [-0.05, 0) is 25.0 Å². The number of nitrogens with one attached hydrogen (secondary N) is 3. The topological polar surface area (TPSA) is 161 Å². The number of cyclic esters (lactones) is 1. The fourth-order valence-corrected chi connectivity index (χ4v) is 3.75. The lowest BCUT2D eigenvalue weighted by molar-refractivity contribution is -0.117. The van der Waals surface area contributed by atoms with E-state index in [4.69, 9.17) is 13.6 Å². The molecule has 3 aromatic rings. The Morgan fingerprint density at radius 1 is 1.19 bits per heavy atom. The van der Waals surface area contributed by atoms with E-state index < -0.39 is 19.0 Å². The maximum atomic E-state index is 12.7. The lowest BCUT2D eigenvalue weighted by Gasteiger charge is -2.17. The first-order chi connectivity index (χ1) is 19.1. The third-order valence-electron chi connectivity index (χ3n) is 5.76. The number of hydrogen-bond donors (Lipinski definition) is 3. The number of anilines is 4. The van der Waals surface area contributed by atoms with Crippen LogP contribution in [0.25, 0.3) is 11.4 Å². The van der Waals surface area contributed by atoms with Crippen LogP contribution in [-0.2, 0) is 9.53 Å². The molecule has 1 saturated carbocycles. The van der Waals surface area contributed by atoms with Crippen LogP contribution in [0.2, 0.25) is 0 Å². The Bertz CT molecular complexity index is 1460. The SMILES string of the molecule is [2H]C([2H])([2H])NC(=O)c1nnc(NC(=O)C2CC2)cc1Nc1cccc(-c2ncc(N3CCOC3=O)cn2)c1OC. The third-order valence-corrected chi connectivity index (χ3v) is 5.76. The number of aromatic nitrogens is 4. The molecule has 1 saturated heterocycles. The van der Waals surface area contributed by atoms with Crippen molar-refractivity contribution in [1.82, 2.24) is 25.5 Å². The van der Waals surface area contributed by atoms with Gasteiger partial charge in [0.15, 0.2) is 23.1 Å². The summed E-state index contributed by atoms with van der Waals surface area (Å²) in [5.74, 6) is -0.636. The van der Waals surface area contributed by atoms with Crippen LogP contribution in [0.4, 0.5) is 27.7 Å². The molecule has 0 atom stereocenters. The summed E-state index contributed by atoms with van der Waals surface area (Å²) in [6.07, 6.45) is 4.06.